The minimum Gasteiger partial charge on any atom is -0.491 e. The summed E-state index contributed by atoms with van der Waals surface area (Å²) >= 11 is 0. The zero-order chi connectivity index (χ0) is 25.4. The van der Waals surface area contributed by atoms with Crippen molar-refractivity contribution in [1.82, 2.24) is 10.2 Å². The Hall–Kier alpha value is -3.02. The molecule has 2 heterocycles. The summed E-state index contributed by atoms with van der Waals surface area (Å²) in [5.41, 5.74) is 0.797. The van der Waals surface area contributed by atoms with Crippen molar-refractivity contribution in [2.24, 2.45) is 11.3 Å². The molecule has 1 spiro atoms. The van der Waals surface area contributed by atoms with Crippen molar-refractivity contribution in [2.45, 2.75) is 64.8 Å². The van der Waals surface area contributed by atoms with Crippen LogP contribution < -0.4 is 14.8 Å². The van der Waals surface area contributed by atoms with Crippen LogP contribution in [0.4, 0.5) is 0 Å². The van der Waals surface area contributed by atoms with Gasteiger partial charge in [-0.15, -0.1) is 0 Å². The van der Waals surface area contributed by atoms with Crippen LogP contribution in [-0.4, -0.2) is 49.1 Å². The number of likely N-dealkylation sites (tertiary alicyclic amines) is 1. The van der Waals surface area contributed by atoms with E-state index in [4.69, 9.17) is 9.47 Å². The largest absolute Gasteiger partial charge is 0.491 e. The van der Waals surface area contributed by atoms with Crippen molar-refractivity contribution >= 4 is 11.8 Å². The van der Waals surface area contributed by atoms with E-state index in [0.717, 1.165) is 37.9 Å². The lowest BCUT2D eigenvalue weighted by molar-refractivity contribution is -0.142. The summed E-state index contributed by atoms with van der Waals surface area (Å²) in [7, 11) is 0. The summed E-state index contributed by atoms with van der Waals surface area (Å²) in [5, 5.41) is 3.36. The monoisotopic (exact) mass is 492 g/mol. The molecule has 0 bridgehead atoms. The second-order valence-electron chi connectivity index (χ2n) is 10.7. The molecule has 0 aromatic heterocycles. The average molecular weight is 493 g/mol. The first-order valence-electron chi connectivity index (χ1n) is 13.4. The fourth-order valence-electron chi connectivity index (χ4n) is 5.42. The zero-order valence-electron chi connectivity index (χ0n) is 21.7. The highest BCUT2D eigenvalue weighted by Crippen LogP contribution is 2.38. The van der Waals surface area contributed by atoms with Gasteiger partial charge in [-0.25, -0.2) is 0 Å². The van der Waals surface area contributed by atoms with Crippen LogP contribution in [0.3, 0.4) is 0 Å². The number of amides is 2. The molecule has 4 rings (SSSR count). The van der Waals surface area contributed by atoms with Gasteiger partial charge >= 0.3 is 0 Å². The maximum Gasteiger partial charge on any atom is 0.260 e. The second-order valence-corrected chi connectivity index (χ2v) is 10.7. The number of carbonyl (C=O) groups excluding carboxylic acids is 2. The van der Waals surface area contributed by atoms with Crippen LogP contribution in [0.2, 0.25) is 0 Å². The van der Waals surface area contributed by atoms with Gasteiger partial charge in [-0.2, -0.15) is 0 Å². The van der Waals surface area contributed by atoms with Gasteiger partial charge in [0.25, 0.3) is 5.91 Å². The van der Waals surface area contributed by atoms with Crippen LogP contribution in [0.5, 0.6) is 11.5 Å². The highest BCUT2D eigenvalue weighted by molar-refractivity contribution is 5.84. The zero-order valence-corrected chi connectivity index (χ0v) is 21.7. The first kappa shape index (κ1) is 26.1. The number of para-hydroxylation sites is 2. The third kappa shape index (κ3) is 6.80. The Morgan fingerprint density at radius 3 is 2.53 bits per heavy atom. The van der Waals surface area contributed by atoms with Crippen molar-refractivity contribution in [3.8, 4) is 11.5 Å². The fraction of sp³-hybridized carbons (Fsp3) is 0.533. The lowest BCUT2D eigenvalue weighted by atomic mass is 9.73. The smallest absolute Gasteiger partial charge is 0.260 e. The van der Waals surface area contributed by atoms with Gasteiger partial charge in [-0.1, -0.05) is 56.7 Å². The average Bonchev–Trinajstić information content (AvgIpc) is 2.89. The summed E-state index contributed by atoms with van der Waals surface area (Å²) < 4.78 is 11.9. The summed E-state index contributed by atoms with van der Waals surface area (Å²) in [6.07, 6.45) is 6.01. The Morgan fingerprint density at radius 2 is 1.78 bits per heavy atom. The van der Waals surface area contributed by atoms with Crippen LogP contribution in [-0.2, 0) is 16.0 Å². The predicted molar refractivity (Wildman–Crippen MR) is 141 cm³/mol. The quantitative estimate of drug-likeness (QED) is 0.637. The Balaban J connectivity index is 1.42. The van der Waals surface area contributed by atoms with Gasteiger partial charge in [0.2, 0.25) is 5.91 Å². The van der Waals surface area contributed by atoms with Crippen molar-refractivity contribution in [1.29, 1.82) is 0 Å². The summed E-state index contributed by atoms with van der Waals surface area (Å²) in [5.74, 6) is 2.17. The first-order valence-corrected chi connectivity index (χ1v) is 13.4. The van der Waals surface area contributed by atoms with Gasteiger partial charge in [0, 0.05) is 13.1 Å². The lowest BCUT2D eigenvalue weighted by Crippen LogP contribution is -2.53. The molecule has 194 valence electrons. The number of piperidine rings is 1. The van der Waals surface area contributed by atoms with Gasteiger partial charge in [-0.05, 0) is 68.2 Å². The number of ether oxygens (including phenoxy) is 2. The topological polar surface area (TPSA) is 67.9 Å². The molecule has 6 heteroatoms. The SMILES string of the molecule is CC(C)C[C@H]1COc2ccccc2CCCCC2(CCN(C(=O)COc3ccccc3)CC2)C(=O)N1. The maximum atomic E-state index is 13.7. The van der Waals surface area contributed by atoms with E-state index < -0.39 is 5.41 Å². The molecule has 0 saturated carbocycles. The molecule has 0 radical (unpaired) electrons. The third-order valence-electron chi connectivity index (χ3n) is 7.52. The number of benzene rings is 2. The molecule has 2 aliphatic heterocycles. The number of rotatable bonds is 5. The van der Waals surface area contributed by atoms with Gasteiger partial charge in [0.15, 0.2) is 6.61 Å². The molecule has 2 amide bonds. The number of nitrogens with zero attached hydrogens (tertiary/aromatic N) is 1. The van der Waals surface area contributed by atoms with E-state index in [9.17, 15) is 9.59 Å². The first-order chi connectivity index (χ1) is 17.4. The Kier molecular flexibility index (Phi) is 8.89. The van der Waals surface area contributed by atoms with Crippen molar-refractivity contribution in [3.63, 3.8) is 0 Å². The van der Waals surface area contributed by atoms with Gasteiger partial charge in [0.1, 0.15) is 18.1 Å². The predicted octanol–water partition coefficient (Wildman–Crippen LogP) is 5.01. The number of fused-ring (bicyclic) bond motifs is 1. The molecule has 1 atom stereocenters. The Labute approximate surface area is 215 Å². The molecule has 2 aliphatic rings. The highest BCUT2D eigenvalue weighted by atomic mass is 16.5. The van der Waals surface area contributed by atoms with E-state index in [-0.39, 0.29) is 24.5 Å². The van der Waals surface area contributed by atoms with Crippen molar-refractivity contribution in [3.05, 3.63) is 60.2 Å². The third-order valence-corrected chi connectivity index (χ3v) is 7.52. The van der Waals surface area contributed by atoms with E-state index in [2.05, 4.69) is 31.3 Å². The van der Waals surface area contributed by atoms with E-state index in [0.29, 0.717) is 44.2 Å². The minimum absolute atomic E-state index is 0.0232. The van der Waals surface area contributed by atoms with Gasteiger partial charge in [0.05, 0.1) is 11.5 Å². The molecule has 36 heavy (non-hydrogen) atoms. The van der Waals surface area contributed by atoms with Crippen LogP contribution in [0.1, 0.15) is 57.9 Å². The van der Waals surface area contributed by atoms with E-state index >= 15 is 0 Å². The summed E-state index contributed by atoms with van der Waals surface area (Å²) in [4.78, 5) is 28.4. The minimum atomic E-state index is -0.439. The molecule has 2 aromatic rings. The maximum absolute atomic E-state index is 13.7. The second kappa shape index (κ2) is 12.3. The normalized spacial score (nSPS) is 20.5. The van der Waals surface area contributed by atoms with Gasteiger partial charge < -0.3 is 19.7 Å². The van der Waals surface area contributed by atoms with Crippen molar-refractivity contribution < 1.29 is 19.1 Å². The summed E-state index contributed by atoms with van der Waals surface area (Å²) in [6, 6.07) is 17.6. The van der Waals surface area contributed by atoms with Gasteiger partial charge in [-0.3, -0.25) is 9.59 Å². The molecule has 1 saturated heterocycles. The van der Waals surface area contributed by atoms with Crippen LogP contribution >= 0.6 is 0 Å². The summed E-state index contributed by atoms with van der Waals surface area (Å²) in [6.45, 7) is 6.01. The van der Waals surface area contributed by atoms with Crippen LogP contribution in [0, 0.1) is 11.3 Å². The van der Waals surface area contributed by atoms with E-state index in [1.165, 1.54) is 5.56 Å². The van der Waals surface area contributed by atoms with Crippen molar-refractivity contribution in [2.75, 3.05) is 26.3 Å². The lowest BCUT2D eigenvalue weighted by Gasteiger charge is -2.41. The molecular weight excluding hydrogens is 452 g/mol. The highest BCUT2D eigenvalue weighted by Gasteiger charge is 2.42. The fourth-order valence-corrected chi connectivity index (χ4v) is 5.42. The van der Waals surface area contributed by atoms with E-state index in [1.807, 2.05) is 47.4 Å². The van der Waals surface area contributed by atoms with Crippen LogP contribution in [0.25, 0.3) is 0 Å². The Morgan fingerprint density at radius 1 is 1.06 bits per heavy atom. The molecule has 1 fully saturated rings. The molecular formula is C30H40N2O4. The molecule has 1 N–H and O–H groups in total. The number of nitrogens with one attached hydrogen (secondary N) is 1. The Bertz CT molecular complexity index is 999. The molecule has 0 aliphatic carbocycles. The number of hydrogen-bond donors (Lipinski definition) is 1. The molecule has 6 nitrogen and oxygen atoms in total. The number of carbonyl (C=O) groups is 2. The van der Waals surface area contributed by atoms with E-state index in [1.54, 1.807) is 0 Å². The molecule has 0 unspecified atom stereocenters. The standard InChI is InChI=1S/C30H40N2O4/c1-23(2)20-25-21-36-27-14-7-6-10-24(27)11-8-9-15-30(29(34)31-25)16-18-32(19-17-30)28(33)22-35-26-12-4-3-5-13-26/h3-7,10,12-14,23,25H,8-9,11,15-22H2,1-2H3,(H,31,34)/t25-/m0/s1. The number of hydrogen-bond acceptors (Lipinski definition) is 4. The molecule has 2 aromatic carbocycles. The number of aryl methyl sites for hydroxylation is 1. The van der Waals surface area contributed by atoms with Crippen LogP contribution in [0.15, 0.2) is 54.6 Å².